The number of ether oxygens (including phenoxy) is 1. The van der Waals surface area contributed by atoms with Crippen LogP contribution in [0, 0.1) is 5.92 Å². The van der Waals surface area contributed by atoms with Gasteiger partial charge in [-0.3, -0.25) is 19.4 Å². The number of carbonyl (C=O) groups is 1. The topological polar surface area (TPSA) is 77.7 Å². The molecule has 1 amide bonds. The lowest BCUT2D eigenvalue weighted by molar-refractivity contribution is -0.127. The molecule has 1 saturated carbocycles. The van der Waals surface area contributed by atoms with Gasteiger partial charge < -0.3 is 15.0 Å². The van der Waals surface area contributed by atoms with E-state index in [0.717, 1.165) is 76.9 Å². The van der Waals surface area contributed by atoms with Crippen LogP contribution >= 0.6 is 0 Å². The molecule has 1 aromatic rings. The van der Waals surface area contributed by atoms with Gasteiger partial charge in [-0.2, -0.15) is 0 Å². The third-order valence-corrected chi connectivity index (χ3v) is 6.37. The summed E-state index contributed by atoms with van der Waals surface area (Å²) >= 11 is 0. The number of aromatic amines is 1. The molecule has 0 radical (unpaired) electrons. The van der Waals surface area contributed by atoms with Gasteiger partial charge in [0.15, 0.2) is 5.75 Å². The number of nitrogens with zero attached hydrogens (tertiary/aromatic N) is 2. The van der Waals surface area contributed by atoms with Crippen molar-refractivity contribution in [3.8, 4) is 5.75 Å². The Balaban J connectivity index is 1.26. The van der Waals surface area contributed by atoms with Crippen LogP contribution in [0.25, 0.3) is 0 Å². The lowest BCUT2D eigenvalue weighted by Gasteiger charge is -2.42. The minimum Gasteiger partial charge on any atom is -0.491 e. The van der Waals surface area contributed by atoms with Gasteiger partial charge >= 0.3 is 0 Å². The Labute approximate surface area is 166 Å². The summed E-state index contributed by atoms with van der Waals surface area (Å²) in [5, 5.41) is 3.18. The van der Waals surface area contributed by atoms with Crippen molar-refractivity contribution >= 4 is 5.91 Å². The van der Waals surface area contributed by atoms with Crippen LogP contribution in [0.4, 0.5) is 0 Å². The Kier molecular flexibility index (Phi) is 6.01. The van der Waals surface area contributed by atoms with Gasteiger partial charge in [0.05, 0.1) is 13.0 Å². The minimum atomic E-state index is -0.0741. The molecule has 0 bridgehead atoms. The molecule has 0 unspecified atom stereocenters. The SMILES string of the molecule is COc1c[nH]c(CN2CCC(N3CCC[C@@H](C(=O)NC4CC4)C3)CC2)cc1=O. The van der Waals surface area contributed by atoms with Crippen LogP contribution in [0.1, 0.15) is 44.2 Å². The molecule has 28 heavy (non-hydrogen) atoms. The van der Waals surface area contributed by atoms with Crippen molar-refractivity contribution in [2.24, 2.45) is 5.92 Å². The Morgan fingerprint density at radius 1 is 1.21 bits per heavy atom. The van der Waals surface area contributed by atoms with Crippen molar-refractivity contribution in [2.75, 3.05) is 33.3 Å². The van der Waals surface area contributed by atoms with Crippen molar-refractivity contribution in [1.29, 1.82) is 0 Å². The first-order valence-electron chi connectivity index (χ1n) is 10.6. The Bertz CT molecular complexity index is 737. The van der Waals surface area contributed by atoms with Gasteiger partial charge in [-0.25, -0.2) is 0 Å². The lowest BCUT2D eigenvalue weighted by atomic mass is 9.93. The van der Waals surface area contributed by atoms with Crippen molar-refractivity contribution in [2.45, 2.75) is 57.2 Å². The quantitative estimate of drug-likeness (QED) is 0.769. The van der Waals surface area contributed by atoms with E-state index in [-0.39, 0.29) is 17.3 Å². The number of H-pyrrole nitrogens is 1. The first-order chi connectivity index (χ1) is 13.6. The summed E-state index contributed by atoms with van der Waals surface area (Å²) < 4.78 is 5.03. The van der Waals surface area contributed by atoms with Gasteiger partial charge in [0.1, 0.15) is 0 Å². The first kappa shape index (κ1) is 19.5. The van der Waals surface area contributed by atoms with E-state index in [9.17, 15) is 9.59 Å². The molecule has 2 N–H and O–H groups in total. The molecule has 3 fully saturated rings. The van der Waals surface area contributed by atoms with Gasteiger partial charge in [0.2, 0.25) is 11.3 Å². The van der Waals surface area contributed by atoms with Crippen molar-refractivity contribution in [1.82, 2.24) is 20.1 Å². The molecule has 0 aromatic carbocycles. The zero-order valence-electron chi connectivity index (χ0n) is 16.8. The lowest BCUT2D eigenvalue weighted by Crippen LogP contribution is -2.50. The average molecular weight is 389 g/mol. The largest absolute Gasteiger partial charge is 0.491 e. The van der Waals surface area contributed by atoms with E-state index in [2.05, 4.69) is 20.1 Å². The van der Waals surface area contributed by atoms with Crippen LogP contribution < -0.4 is 15.5 Å². The van der Waals surface area contributed by atoms with Gasteiger partial charge in [-0.05, 0) is 45.1 Å². The van der Waals surface area contributed by atoms with Gasteiger partial charge in [0.25, 0.3) is 0 Å². The predicted molar refractivity (Wildman–Crippen MR) is 107 cm³/mol. The number of nitrogens with one attached hydrogen (secondary N) is 2. The van der Waals surface area contributed by atoms with Crippen LogP contribution in [0.15, 0.2) is 17.1 Å². The summed E-state index contributed by atoms with van der Waals surface area (Å²) in [5.74, 6) is 0.790. The maximum Gasteiger partial charge on any atom is 0.224 e. The number of rotatable bonds is 6. The van der Waals surface area contributed by atoms with Crippen molar-refractivity contribution < 1.29 is 9.53 Å². The molecule has 1 aromatic heterocycles. The fourth-order valence-corrected chi connectivity index (χ4v) is 4.53. The summed E-state index contributed by atoms with van der Waals surface area (Å²) in [6.07, 6.45) is 8.34. The third-order valence-electron chi connectivity index (χ3n) is 6.37. The molecule has 2 aliphatic heterocycles. The van der Waals surface area contributed by atoms with Gasteiger partial charge in [-0.1, -0.05) is 0 Å². The second-order valence-corrected chi connectivity index (χ2v) is 8.52. The molecule has 7 nitrogen and oxygen atoms in total. The molecule has 1 aliphatic carbocycles. The molecule has 3 heterocycles. The Hall–Kier alpha value is -1.86. The van der Waals surface area contributed by atoms with Gasteiger partial charge in [0, 0.05) is 56.2 Å². The first-order valence-corrected chi connectivity index (χ1v) is 10.6. The summed E-state index contributed by atoms with van der Waals surface area (Å²) in [6, 6.07) is 2.66. The normalized spacial score (nSPS) is 24.8. The highest BCUT2D eigenvalue weighted by molar-refractivity contribution is 5.79. The molecule has 2 saturated heterocycles. The van der Waals surface area contributed by atoms with E-state index in [1.54, 1.807) is 12.3 Å². The molecule has 0 spiro atoms. The van der Waals surface area contributed by atoms with Crippen LogP contribution in [-0.2, 0) is 11.3 Å². The summed E-state index contributed by atoms with van der Waals surface area (Å²) in [4.78, 5) is 32.5. The van der Waals surface area contributed by atoms with E-state index in [1.165, 1.54) is 7.11 Å². The fraction of sp³-hybridized carbons (Fsp3) is 0.714. The number of piperidine rings is 2. The van der Waals surface area contributed by atoms with E-state index >= 15 is 0 Å². The number of hydrogen-bond donors (Lipinski definition) is 2. The number of methoxy groups -OCH3 is 1. The zero-order chi connectivity index (χ0) is 19.5. The second-order valence-electron chi connectivity index (χ2n) is 8.52. The van der Waals surface area contributed by atoms with Crippen LogP contribution in [0.3, 0.4) is 0 Å². The number of pyridine rings is 1. The molecule has 4 rings (SSSR count). The van der Waals surface area contributed by atoms with E-state index < -0.39 is 0 Å². The number of likely N-dealkylation sites (tertiary alicyclic amines) is 2. The summed E-state index contributed by atoms with van der Waals surface area (Å²) in [7, 11) is 1.51. The fourth-order valence-electron chi connectivity index (χ4n) is 4.53. The minimum absolute atomic E-state index is 0.0741. The third kappa shape index (κ3) is 4.75. The Morgan fingerprint density at radius 2 is 2.00 bits per heavy atom. The summed E-state index contributed by atoms with van der Waals surface area (Å²) in [5.41, 5.74) is 0.856. The number of hydrogen-bond acceptors (Lipinski definition) is 5. The van der Waals surface area contributed by atoms with Crippen LogP contribution in [0.2, 0.25) is 0 Å². The maximum atomic E-state index is 12.4. The molecular weight excluding hydrogens is 356 g/mol. The zero-order valence-corrected chi connectivity index (χ0v) is 16.8. The van der Waals surface area contributed by atoms with Gasteiger partial charge in [-0.15, -0.1) is 0 Å². The Morgan fingerprint density at radius 3 is 2.68 bits per heavy atom. The van der Waals surface area contributed by atoms with E-state index in [4.69, 9.17) is 4.74 Å². The molecule has 3 aliphatic rings. The average Bonchev–Trinajstić information content (AvgIpc) is 3.53. The van der Waals surface area contributed by atoms with Crippen molar-refractivity contribution in [3.05, 3.63) is 28.2 Å². The monoisotopic (exact) mass is 388 g/mol. The van der Waals surface area contributed by atoms with Crippen LogP contribution in [0.5, 0.6) is 5.75 Å². The highest BCUT2D eigenvalue weighted by atomic mass is 16.5. The van der Waals surface area contributed by atoms with Crippen LogP contribution in [-0.4, -0.2) is 66.1 Å². The smallest absolute Gasteiger partial charge is 0.224 e. The second kappa shape index (κ2) is 8.66. The summed E-state index contributed by atoms with van der Waals surface area (Å²) in [6.45, 7) is 4.83. The van der Waals surface area contributed by atoms with E-state index in [0.29, 0.717) is 17.8 Å². The maximum absolute atomic E-state index is 12.4. The predicted octanol–water partition coefficient (Wildman–Crippen LogP) is 1.34. The number of carbonyl (C=O) groups excluding carboxylic acids is 1. The van der Waals surface area contributed by atoms with Crippen molar-refractivity contribution in [3.63, 3.8) is 0 Å². The molecule has 1 atom stereocenters. The molecular formula is C21H32N4O3. The van der Waals surface area contributed by atoms with E-state index in [1.807, 2.05) is 0 Å². The number of amides is 1. The molecule has 154 valence electrons. The standard InChI is InChI=1S/C21H32N4O3/c1-28-20-12-22-17(11-19(20)26)14-24-9-6-18(7-10-24)25-8-2-3-15(13-25)21(27)23-16-4-5-16/h11-12,15-16,18H,2-10,13-14H2,1H3,(H,22,26)(H,23,27)/t15-/m1/s1. The number of aromatic nitrogens is 1. The highest BCUT2D eigenvalue weighted by Crippen LogP contribution is 2.26. The highest BCUT2D eigenvalue weighted by Gasteiger charge is 2.33. The molecule has 7 heteroatoms.